The van der Waals surface area contributed by atoms with Crippen molar-refractivity contribution in [1.29, 1.82) is 0 Å². The van der Waals surface area contributed by atoms with Crippen LogP contribution in [0.5, 0.6) is 11.5 Å². The molecule has 0 aliphatic carbocycles. The van der Waals surface area contributed by atoms with Gasteiger partial charge in [-0.3, -0.25) is 9.78 Å². The molecule has 0 spiro atoms. The highest BCUT2D eigenvalue weighted by molar-refractivity contribution is 5.79. The Balaban J connectivity index is 1.57. The minimum atomic E-state index is -0.116. The lowest BCUT2D eigenvalue weighted by Crippen LogP contribution is -2.35. The molecule has 0 N–H and O–H groups in total. The number of benzene rings is 1. The second-order valence-corrected chi connectivity index (χ2v) is 8.32. The van der Waals surface area contributed by atoms with Crippen LogP contribution < -0.4 is 9.47 Å². The molecule has 1 aliphatic heterocycles. The van der Waals surface area contributed by atoms with E-state index in [2.05, 4.69) is 9.97 Å². The van der Waals surface area contributed by atoms with Crippen LogP contribution in [-0.4, -0.2) is 45.5 Å². The van der Waals surface area contributed by atoms with E-state index in [0.717, 1.165) is 40.8 Å². The number of likely N-dealkylation sites (tertiary alicyclic amines) is 1. The molecule has 1 atom stereocenters. The SMILES string of the molecule is CCOc1cc(C)ccc1OCC(=O)N1CCC[C@@H]1c1nc(C)ncc1-c1ccncc1C. The van der Waals surface area contributed by atoms with Crippen LogP contribution in [0.15, 0.2) is 42.9 Å². The van der Waals surface area contributed by atoms with Crippen LogP contribution in [0.2, 0.25) is 0 Å². The third-order valence-electron chi connectivity index (χ3n) is 5.89. The highest BCUT2D eigenvalue weighted by Crippen LogP contribution is 2.37. The van der Waals surface area contributed by atoms with Crippen molar-refractivity contribution in [3.8, 4) is 22.6 Å². The van der Waals surface area contributed by atoms with Gasteiger partial charge in [0.25, 0.3) is 5.91 Å². The van der Waals surface area contributed by atoms with E-state index in [4.69, 9.17) is 14.5 Å². The minimum absolute atomic E-state index is 0.0483. The summed E-state index contributed by atoms with van der Waals surface area (Å²) in [4.78, 5) is 28.6. The minimum Gasteiger partial charge on any atom is -0.490 e. The van der Waals surface area contributed by atoms with E-state index in [1.54, 1.807) is 6.20 Å². The average molecular weight is 447 g/mol. The van der Waals surface area contributed by atoms with Gasteiger partial charge in [0.1, 0.15) is 5.82 Å². The maximum atomic E-state index is 13.2. The third kappa shape index (κ3) is 4.97. The van der Waals surface area contributed by atoms with Crippen LogP contribution in [0.1, 0.15) is 48.5 Å². The molecule has 0 saturated carbocycles. The molecule has 7 nitrogen and oxygen atoms in total. The molecule has 1 saturated heterocycles. The molecule has 3 aromatic rings. The van der Waals surface area contributed by atoms with E-state index >= 15 is 0 Å². The Kier molecular flexibility index (Phi) is 6.87. The van der Waals surface area contributed by atoms with Crippen molar-refractivity contribution >= 4 is 5.91 Å². The van der Waals surface area contributed by atoms with Gasteiger partial charge in [0.15, 0.2) is 18.1 Å². The van der Waals surface area contributed by atoms with Gasteiger partial charge in [0.05, 0.1) is 18.3 Å². The van der Waals surface area contributed by atoms with Crippen molar-refractivity contribution in [3.63, 3.8) is 0 Å². The molecule has 0 radical (unpaired) electrons. The molecule has 4 rings (SSSR count). The van der Waals surface area contributed by atoms with Gasteiger partial charge >= 0.3 is 0 Å². The first-order valence-corrected chi connectivity index (χ1v) is 11.4. The number of carbonyl (C=O) groups is 1. The topological polar surface area (TPSA) is 77.4 Å². The number of pyridine rings is 1. The number of nitrogens with zero attached hydrogens (tertiary/aromatic N) is 4. The fourth-order valence-corrected chi connectivity index (χ4v) is 4.30. The fraction of sp³-hybridized carbons (Fsp3) is 0.385. The van der Waals surface area contributed by atoms with Crippen molar-refractivity contribution in [3.05, 3.63) is 65.5 Å². The van der Waals surface area contributed by atoms with Gasteiger partial charge in [0, 0.05) is 30.7 Å². The van der Waals surface area contributed by atoms with Gasteiger partial charge in [-0.05, 0) is 75.4 Å². The predicted octanol–water partition coefficient (Wildman–Crippen LogP) is 4.61. The van der Waals surface area contributed by atoms with Gasteiger partial charge in [-0.2, -0.15) is 0 Å². The van der Waals surface area contributed by atoms with Crippen molar-refractivity contribution < 1.29 is 14.3 Å². The number of carbonyl (C=O) groups excluding carboxylic acids is 1. The normalized spacial score (nSPS) is 15.5. The van der Waals surface area contributed by atoms with E-state index in [-0.39, 0.29) is 18.6 Å². The number of aryl methyl sites for hydroxylation is 3. The summed E-state index contributed by atoms with van der Waals surface area (Å²) in [5.74, 6) is 1.87. The summed E-state index contributed by atoms with van der Waals surface area (Å²) >= 11 is 0. The summed E-state index contributed by atoms with van der Waals surface area (Å²) in [6, 6.07) is 7.59. The number of rotatable bonds is 7. The summed E-state index contributed by atoms with van der Waals surface area (Å²) in [5, 5.41) is 0. The van der Waals surface area contributed by atoms with E-state index < -0.39 is 0 Å². The lowest BCUT2D eigenvalue weighted by Gasteiger charge is -2.26. The molecular weight excluding hydrogens is 416 g/mol. The molecule has 0 unspecified atom stereocenters. The number of ether oxygens (including phenoxy) is 2. The van der Waals surface area contributed by atoms with E-state index in [1.165, 1.54) is 0 Å². The molecule has 3 heterocycles. The first-order chi connectivity index (χ1) is 16.0. The van der Waals surface area contributed by atoms with E-state index in [0.29, 0.717) is 30.5 Å². The number of amides is 1. The second kappa shape index (κ2) is 9.98. The largest absolute Gasteiger partial charge is 0.490 e. The second-order valence-electron chi connectivity index (χ2n) is 8.32. The zero-order valence-electron chi connectivity index (χ0n) is 19.7. The maximum absolute atomic E-state index is 13.2. The fourth-order valence-electron chi connectivity index (χ4n) is 4.30. The van der Waals surface area contributed by atoms with Crippen LogP contribution in [-0.2, 0) is 4.79 Å². The van der Waals surface area contributed by atoms with E-state index in [1.807, 2.05) is 69.3 Å². The third-order valence-corrected chi connectivity index (χ3v) is 5.89. The summed E-state index contributed by atoms with van der Waals surface area (Å²) < 4.78 is 11.6. The van der Waals surface area contributed by atoms with Crippen molar-refractivity contribution in [1.82, 2.24) is 19.9 Å². The highest BCUT2D eigenvalue weighted by atomic mass is 16.5. The predicted molar refractivity (Wildman–Crippen MR) is 126 cm³/mol. The number of hydrogen-bond donors (Lipinski definition) is 0. The molecule has 1 aromatic carbocycles. The van der Waals surface area contributed by atoms with Crippen LogP contribution in [0.25, 0.3) is 11.1 Å². The summed E-state index contributed by atoms with van der Waals surface area (Å²) in [5.41, 5.74) is 5.00. The molecule has 0 bridgehead atoms. The summed E-state index contributed by atoms with van der Waals surface area (Å²) in [6.45, 7) is 8.99. The zero-order chi connectivity index (χ0) is 23.4. The molecule has 2 aromatic heterocycles. The van der Waals surface area contributed by atoms with Gasteiger partial charge in [-0.25, -0.2) is 9.97 Å². The monoisotopic (exact) mass is 446 g/mol. The van der Waals surface area contributed by atoms with Gasteiger partial charge in [-0.15, -0.1) is 0 Å². The number of hydrogen-bond acceptors (Lipinski definition) is 6. The Labute approximate surface area is 194 Å². The van der Waals surface area contributed by atoms with Crippen molar-refractivity contribution in [2.45, 2.75) is 46.6 Å². The molecule has 1 amide bonds. The Morgan fingerprint density at radius 2 is 1.94 bits per heavy atom. The Morgan fingerprint density at radius 3 is 2.73 bits per heavy atom. The Morgan fingerprint density at radius 1 is 1.09 bits per heavy atom. The molecule has 1 fully saturated rings. The van der Waals surface area contributed by atoms with Gasteiger partial charge in [-0.1, -0.05) is 6.07 Å². The van der Waals surface area contributed by atoms with Crippen LogP contribution in [0.3, 0.4) is 0 Å². The maximum Gasteiger partial charge on any atom is 0.261 e. The van der Waals surface area contributed by atoms with Crippen LogP contribution in [0, 0.1) is 20.8 Å². The molecule has 7 heteroatoms. The van der Waals surface area contributed by atoms with E-state index in [9.17, 15) is 4.79 Å². The average Bonchev–Trinajstić information content (AvgIpc) is 3.29. The standard InChI is InChI=1S/C26H30N4O3/c1-5-32-24-13-17(2)8-9-23(24)33-16-25(31)30-12-6-7-22(30)26-21(15-28-19(4)29-26)20-10-11-27-14-18(20)3/h8-11,13-15,22H,5-7,12,16H2,1-4H3/t22-/m1/s1. The van der Waals surface area contributed by atoms with Crippen molar-refractivity contribution in [2.75, 3.05) is 19.8 Å². The summed E-state index contributed by atoms with van der Waals surface area (Å²) in [6.07, 6.45) is 7.24. The van der Waals surface area contributed by atoms with Crippen LogP contribution in [0.4, 0.5) is 0 Å². The quantitative estimate of drug-likeness (QED) is 0.528. The molecule has 1 aliphatic rings. The smallest absolute Gasteiger partial charge is 0.261 e. The Hall–Kier alpha value is -3.48. The molecule has 33 heavy (non-hydrogen) atoms. The lowest BCUT2D eigenvalue weighted by molar-refractivity contribution is -0.134. The van der Waals surface area contributed by atoms with Gasteiger partial charge in [0.2, 0.25) is 0 Å². The number of aromatic nitrogens is 3. The Bertz CT molecular complexity index is 1150. The zero-order valence-corrected chi connectivity index (χ0v) is 19.7. The van der Waals surface area contributed by atoms with Gasteiger partial charge < -0.3 is 14.4 Å². The van der Waals surface area contributed by atoms with Crippen molar-refractivity contribution in [2.24, 2.45) is 0 Å². The van der Waals surface area contributed by atoms with Crippen LogP contribution >= 0.6 is 0 Å². The molecule has 172 valence electrons. The highest BCUT2D eigenvalue weighted by Gasteiger charge is 2.33. The first-order valence-electron chi connectivity index (χ1n) is 11.4. The summed E-state index contributed by atoms with van der Waals surface area (Å²) in [7, 11) is 0. The lowest BCUT2D eigenvalue weighted by atomic mass is 9.97. The first kappa shape index (κ1) is 22.7. The molecular formula is C26H30N4O3.